The molecule has 2 amide bonds. The maximum absolute atomic E-state index is 14.1. The third-order valence-corrected chi connectivity index (χ3v) is 6.81. The van der Waals surface area contributed by atoms with Crippen molar-refractivity contribution in [1.82, 2.24) is 25.1 Å². The first-order chi connectivity index (χ1) is 17.5. The normalized spacial score (nSPS) is 20.6. The molecule has 2 aliphatic rings. The van der Waals surface area contributed by atoms with Gasteiger partial charge < -0.3 is 30.0 Å². The first-order valence-electron chi connectivity index (χ1n) is 13.1. The van der Waals surface area contributed by atoms with Gasteiger partial charge in [0.15, 0.2) is 0 Å². The van der Waals surface area contributed by atoms with E-state index in [1.165, 1.54) is 0 Å². The Labute approximate surface area is 218 Å². The Balaban J connectivity index is 1.59. The van der Waals surface area contributed by atoms with Gasteiger partial charge in [0, 0.05) is 50.4 Å². The Morgan fingerprint density at radius 3 is 2.68 bits per heavy atom. The molecule has 0 spiro atoms. The van der Waals surface area contributed by atoms with Gasteiger partial charge in [-0.1, -0.05) is 34.6 Å². The predicted molar refractivity (Wildman–Crippen MR) is 140 cm³/mol. The lowest BCUT2D eigenvalue weighted by Gasteiger charge is -2.42. The molecule has 4 heterocycles. The molecule has 4 rings (SSSR count). The van der Waals surface area contributed by atoms with Crippen molar-refractivity contribution in [1.29, 1.82) is 0 Å². The van der Waals surface area contributed by atoms with Gasteiger partial charge in [-0.15, -0.1) is 0 Å². The highest BCUT2D eigenvalue weighted by Gasteiger charge is 2.39. The van der Waals surface area contributed by atoms with E-state index in [2.05, 4.69) is 29.5 Å². The third-order valence-electron chi connectivity index (χ3n) is 6.81. The number of piperidine rings is 1. The Morgan fingerprint density at radius 1 is 1.30 bits per heavy atom. The van der Waals surface area contributed by atoms with Crippen molar-refractivity contribution in [3.05, 3.63) is 41.7 Å². The van der Waals surface area contributed by atoms with Crippen LogP contribution in [0.15, 0.2) is 29.0 Å². The van der Waals surface area contributed by atoms with Gasteiger partial charge in [-0.25, -0.2) is 9.97 Å². The smallest absolute Gasteiger partial charge is 0.259 e. The molecular weight excluding hydrogens is 472 g/mol. The Bertz CT molecular complexity index is 1080. The molecule has 0 saturated carbocycles. The molecule has 2 atom stereocenters. The fraction of sp³-hybridized carbons (Fsp3) is 0.630. The van der Waals surface area contributed by atoms with Crippen LogP contribution in [0.3, 0.4) is 0 Å². The number of aliphatic hydroxyl groups is 1. The number of carbonyl (C=O) groups is 2. The highest BCUT2D eigenvalue weighted by atomic mass is 16.3. The summed E-state index contributed by atoms with van der Waals surface area (Å²) < 4.78 is 5.46. The number of aromatic nitrogens is 2. The summed E-state index contributed by atoms with van der Waals surface area (Å²) >= 11 is 0. The van der Waals surface area contributed by atoms with E-state index in [4.69, 9.17) is 9.40 Å². The largest absolute Gasteiger partial charge is 0.467 e. The number of likely N-dealkylation sites (tertiary alicyclic amines) is 1. The van der Waals surface area contributed by atoms with Crippen molar-refractivity contribution < 1.29 is 19.1 Å². The Kier molecular flexibility index (Phi) is 8.18. The van der Waals surface area contributed by atoms with E-state index in [9.17, 15) is 14.7 Å². The molecule has 37 heavy (non-hydrogen) atoms. The zero-order valence-electron chi connectivity index (χ0n) is 22.5. The first-order valence-corrected chi connectivity index (χ1v) is 13.1. The Hall–Kier alpha value is -2.98. The second-order valence-electron chi connectivity index (χ2n) is 11.6. The van der Waals surface area contributed by atoms with E-state index in [0.717, 1.165) is 5.76 Å². The standard InChI is InChI=1S/C27H40N6O4/c1-17(2)14-33(19-9-18(10-28-11-19)24(35)32-15-20(34)16-32)25(36)22-13-30-26(27(3,4)5)31-23(22)29-12-21-7-6-8-37-21/h6-8,13,17-20,28,34H,9-12,14-16H2,1-5H3,(H,29,30,31)/t18?,19-/m0/s1. The summed E-state index contributed by atoms with van der Waals surface area (Å²) in [7, 11) is 0. The molecule has 2 fully saturated rings. The summed E-state index contributed by atoms with van der Waals surface area (Å²) in [5.74, 6) is 1.74. The van der Waals surface area contributed by atoms with Crippen molar-refractivity contribution in [3.63, 3.8) is 0 Å². The maximum Gasteiger partial charge on any atom is 0.259 e. The second-order valence-corrected chi connectivity index (χ2v) is 11.6. The van der Waals surface area contributed by atoms with Crippen LogP contribution in [0, 0.1) is 11.8 Å². The topological polar surface area (TPSA) is 124 Å². The highest BCUT2D eigenvalue weighted by molar-refractivity contribution is 5.98. The van der Waals surface area contributed by atoms with E-state index in [1.54, 1.807) is 17.4 Å². The monoisotopic (exact) mass is 512 g/mol. The molecule has 202 valence electrons. The number of anilines is 1. The van der Waals surface area contributed by atoms with Gasteiger partial charge >= 0.3 is 0 Å². The highest BCUT2D eigenvalue weighted by Crippen LogP contribution is 2.27. The van der Waals surface area contributed by atoms with Crippen LogP contribution in [0.25, 0.3) is 0 Å². The van der Waals surface area contributed by atoms with Gasteiger partial charge in [-0.2, -0.15) is 0 Å². The lowest BCUT2D eigenvalue weighted by molar-refractivity contribution is -0.146. The fourth-order valence-corrected chi connectivity index (χ4v) is 4.80. The van der Waals surface area contributed by atoms with Crippen molar-refractivity contribution in [2.75, 3.05) is 38.0 Å². The number of rotatable bonds is 8. The van der Waals surface area contributed by atoms with E-state index in [0.29, 0.717) is 62.9 Å². The number of carbonyl (C=O) groups excluding carboxylic acids is 2. The van der Waals surface area contributed by atoms with E-state index in [1.807, 2.05) is 37.8 Å². The van der Waals surface area contributed by atoms with Crippen molar-refractivity contribution in [2.24, 2.45) is 11.8 Å². The number of nitrogens with one attached hydrogen (secondary N) is 2. The van der Waals surface area contributed by atoms with Crippen LogP contribution >= 0.6 is 0 Å². The molecule has 2 saturated heterocycles. The van der Waals surface area contributed by atoms with E-state index in [-0.39, 0.29) is 35.1 Å². The summed E-state index contributed by atoms with van der Waals surface area (Å²) in [6, 6.07) is 3.54. The molecule has 0 aliphatic carbocycles. The van der Waals surface area contributed by atoms with Crippen molar-refractivity contribution in [3.8, 4) is 0 Å². The minimum absolute atomic E-state index is 0.0399. The van der Waals surface area contributed by atoms with E-state index < -0.39 is 6.10 Å². The third kappa shape index (κ3) is 6.48. The van der Waals surface area contributed by atoms with Crippen LogP contribution in [-0.4, -0.2) is 81.6 Å². The summed E-state index contributed by atoms with van der Waals surface area (Å²) in [4.78, 5) is 39.9. The number of nitrogens with zero attached hydrogens (tertiary/aromatic N) is 4. The average Bonchev–Trinajstić information content (AvgIpc) is 3.36. The fourth-order valence-electron chi connectivity index (χ4n) is 4.80. The lowest BCUT2D eigenvalue weighted by Crippen LogP contribution is -2.59. The number of amides is 2. The van der Waals surface area contributed by atoms with Gasteiger partial charge in [-0.3, -0.25) is 9.59 Å². The summed E-state index contributed by atoms with van der Waals surface area (Å²) in [5.41, 5.74) is 0.116. The Morgan fingerprint density at radius 2 is 2.05 bits per heavy atom. The van der Waals surface area contributed by atoms with Crippen LogP contribution in [0.1, 0.15) is 63.0 Å². The first kappa shape index (κ1) is 27.1. The molecule has 0 radical (unpaired) electrons. The summed E-state index contributed by atoms with van der Waals surface area (Å²) in [6.07, 6.45) is 3.38. The number of β-amino-alcohol motifs (C(OH)–C–C–N with tert-alkyl or cyclic N) is 1. The molecule has 0 bridgehead atoms. The van der Waals surface area contributed by atoms with Crippen LogP contribution in [0.5, 0.6) is 0 Å². The molecule has 3 N–H and O–H groups in total. The molecule has 10 heteroatoms. The minimum Gasteiger partial charge on any atom is -0.467 e. The van der Waals surface area contributed by atoms with Crippen LogP contribution in [0.2, 0.25) is 0 Å². The van der Waals surface area contributed by atoms with Gasteiger partial charge in [0.25, 0.3) is 5.91 Å². The predicted octanol–water partition coefficient (Wildman–Crippen LogP) is 2.26. The van der Waals surface area contributed by atoms with E-state index >= 15 is 0 Å². The molecule has 2 aromatic heterocycles. The number of hydrogen-bond acceptors (Lipinski definition) is 8. The molecule has 1 unspecified atom stereocenters. The van der Waals surface area contributed by atoms with Gasteiger partial charge in [-0.05, 0) is 24.5 Å². The van der Waals surface area contributed by atoms with Crippen LogP contribution in [0.4, 0.5) is 5.82 Å². The zero-order valence-corrected chi connectivity index (χ0v) is 22.5. The minimum atomic E-state index is -0.432. The van der Waals surface area contributed by atoms with Gasteiger partial charge in [0.1, 0.15) is 23.0 Å². The average molecular weight is 513 g/mol. The van der Waals surface area contributed by atoms with Crippen molar-refractivity contribution >= 4 is 17.6 Å². The molecule has 0 aromatic carbocycles. The number of aliphatic hydroxyl groups excluding tert-OH is 1. The lowest BCUT2D eigenvalue weighted by atomic mass is 9.91. The molecule has 10 nitrogen and oxygen atoms in total. The molecule has 2 aromatic rings. The number of hydrogen-bond donors (Lipinski definition) is 3. The van der Waals surface area contributed by atoms with Crippen LogP contribution in [-0.2, 0) is 16.8 Å². The van der Waals surface area contributed by atoms with Crippen molar-refractivity contribution in [2.45, 2.75) is 65.1 Å². The molecule has 2 aliphatic heterocycles. The molecular formula is C27H40N6O4. The van der Waals surface area contributed by atoms with Gasteiger partial charge in [0.05, 0.1) is 24.8 Å². The maximum atomic E-state index is 14.1. The zero-order chi connectivity index (χ0) is 26.7. The number of furan rings is 1. The SMILES string of the molecule is CC(C)CN(C(=O)c1cnc(C(C)(C)C)nc1NCc1ccco1)[C@@H]1CNCC(C(=O)N2CC(O)C2)C1. The second kappa shape index (κ2) is 11.2. The quantitative estimate of drug-likeness (QED) is 0.492. The van der Waals surface area contributed by atoms with Crippen LogP contribution < -0.4 is 10.6 Å². The van der Waals surface area contributed by atoms with Gasteiger partial charge in [0.2, 0.25) is 5.91 Å². The summed E-state index contributed by atoms with van der Waals surface area (Å²) in [5, 5.41) is 16.3. The summed E-state index contributed by atoms with van der Waals surface area (Å²) in [6.45, 7) is 13.2.